The van der Waals surface area contributed by atoms with Crippen LogP contribution in [0.5, 0.6) is 5.75 Å². The van der Waals surface area contributed by atoms with Crippen molar-refractivity contribution in [2.45, 2.75) is 20.4 Å². The second-order valence-corrected chi connectivity index (χ2v) is 5.00. The lowest BCUT2D eigenvalue weighted by molar-refractivity contribution is 0.145. The van der Waals surface area contributed by atoms with Gasteiger partial charge in [-0.15, -0.1) is 0 Å². The fourth-order valence-electron chi connectivity index (χ4n) is 1.58. The van der Waals surface area contributed by atoms with Crippen LogP contribution in [-0.2, 0) is 11.3 Å². The van der Waals surface area contributed by atoms with E-state index in [4.69, 9.17) is 21.1 Å². The monoisotopic (exact) mass is 271 g/mol. The molecule has 3 nitrogen and oxygen atoms in total. The van der Waals surface area contributed by atoms with E-state index in [0.29, 0.717) is 24.2 Å². The smallest absolute Gasteiger partial charge is 0.142 e. The summed E-state index contributed by atoms with van der Waals surface area (Å²) in [6.45, 7) is 7.18. The molecule has 0 heterocycles. The van der Waals surface area contributed by atoms with Gasteiger partial charge in [0.2, 0.25) is 0 Å². The zero-order chi connectivity index (χ0) is 13.4. The highest BCUT2D eigenvalue weighted by molar-refractivity contribution is 6.32. The standard InChI is InChI=1S/C14H22ClNO2/c1-11(2)9-16-10-12-5-4-6-13(15)14(12)18-8-7-17-3/h4-6,11,16H,7-10H2,1-3H3. The first-order valence-corrected chi connectivity index (χ1v) is 6.62. The minimum atomic E-state index is 0.511. The molecular weight excluding hydrogens is 250 g/mol. The van der Waals surface area contributed by atoms with Crippen molar-refractivity contribution in [1.82, 2.24) is 5.32 Å². The van der Waals surface area contributed by atoms with Gasteiger partial charge in [-0.25, -0.2) is 0 Å². The fourth-order valence-corrected chi connectivity index (χ4v) is 1.83. The van der Waals surface area contributed by atoms with Crippen molar-refractivity contribution in [3.63, 3.8) is 0 Å². The minimum Gasteiger partial charge on any atom is -0.489 e. The van der Waals surface area contributed by atoms with Crippen molar-refractivity contribution in [2.75, 3.05) is 26.9 Å². The summed E-state index contributed by atoms with van der Waals surface area (Å²) in [5.41, 5.74) is 1.08. The predicted molar refractivity (Wildman–Crippen MR) is 75.4 cm³/mol. The molecule has 0 fully saturated rings. The summed E-state index contributed by atoms with van der Waals surface area (Å²) in [5, 5.41) is 4.04. The average molecular weight is 272 g/mol. The molecule has 0 unspecified atom stereocenters. The normalized spacial score (nSPS) is 10.9. The average Bonchev–Trinajstić information content (AvgIpc) is 2.32. The Balaban J connectivity index is 2.61. The van der Waals surface area contributed by atoms with Crippen molar-refractivity contribution in [2.24, 2.45) is 5.92 Å². The van der Waals surface area contributed by atoms with Crippen molar-refractivity contribution in [3.05, 3.63) is 28.8 Å². The Morgan fingerprint density at radius 2 is 2.06 bits per heavy atom. The van der Waals surface area contributed by atoms with Gasteiger partial charge in [-0.2, -0.15) is 0 Å². The molecule has 18 heavy (non-hydrogen) atoms. The maximum atomic E-state index is 6.16. The summed E-state index contributed by atoms with van der Waals surface area (Å²) < 4.78 is 10.6. The molecular formula is C14H22ClNO2. The van der Waals surface area contributed by atoms with E-state index in [1.54, 1.807) is 7.11 Å². The molecule has 0 amide bonds. The molecule has 0 radical (unpaired) electrons. The van der Waals surface area contributed by atoms with E-state index in [0.717, 1.165) is 24.4 Å². The summed E-state index contributed by atoms with van der Waals surface area (Å²) in [6.07, 6.45) is 0. The highest BCUT2D eigenvalue weighted by Gasteiger charge is 2.08. The Hall–Kier alpha value is -0.770. The summed E-state index contributed by atoms with van der Waals surface area (Å²) in [4.78, 5) is 0. The van der Waals surface area contributed by atoms with Crippen LogP contribution in [0.3, 0.4) is 0 Å². The largest absolute Gasteiger partial charge is 0.489 e. The number of hydrogen-bond donors (Lipinski definition) is 1. The van der Waals surface area contributed by atoms with Crippen molar-refractivity contribution < 1.29 is 9.47 Å². The van der Waals surface area contributed by atoms with E-state index in [9.17, 15) is 0 Å². The number of ether oxygens (including phenoxy) is 2. The van der Waals surface area contributed by atoms with Crippen LogP contribution in [0.1, 0.15) is 19.4 Å². The molecule has 0 aromatic heterocycles. The number of benzene rings is 1. The Kier molecular flexibility index (Phi) is 7.09. The van der Waals surface area contributed by atoms with Gasteiger partial charge in [-0.05, 0) is 18.5 Å². The van der Waals surface area contributed by atoms with Gasteiger partial charge in [0.05, 0.1) is 11.6 Å². The van der Waals surface area contributed by atoms with Gasteiger partial charge in [0.25, 0.3) is 0 Å². The number of hydrogen-bond acceptors (Lipinski definition) is 3. The second-order valence-electron chi connectivity index (χ2n) is 4.59. The molecule has 1 rings (SSSR count). The number of halogens is 1. The number of rotatable bonds is 8. The number of nitrogens with one attached hydrogen (secondary N) is 1. The van der Waals surface area contributed by atoms with Gasteiger partial charge in [0, 0.05) is 19.2 Å². The maximum Gasteiger partial charge on any atom is 0.142 e. The first kappa shape index (κ1) is 15.3. The van der Waals surface area contributed by atoms with E-state index >= 15 is 0 Å². The number of para-hydroxylation sites is 1. The first-order valence-electron chi connectivity index (χ1n) is 6.25. The Labute approximate surface area is 114 Å². The molecule has 1 N–H and O–H groups in total. The Morgan fingerprint density at radius 3 is 2.72 bits per heavy atom. The zero-order valence-electron chi connectivity index (χ0n) is 11.3. The molecule has 0 saturated heterocycles. The Bertz CT molecular complexity index is 356. The first-order chi connectivity index (χ1) is 8.65. The lowest BCUT2D eigenvalue weighted by Gasteiger charge is -2.14. The third kappa shape index (κ3) is 5.25. The molecule has 0 atom stereocenters. The van der Waals surface area contributed by atoms with Crippen LogP contribution in [0.15, 0.2) is 18.2 Å². The Morgan fingerprint density at radius 1 is 1.28 bits per heavy atom. The van der Waals surface area contributed by atoms with Crippen LogP contribution in [0.25, 0.3) is 0 Å². The number of methoxy groups -OCH3 is 1. The quantitative estimate of drug-likeness (QED) is 0.737. The molecule has 0 saturated carbocycles. The van der Waals surface area contributed by atoms with E-state index in [2.05, 4.69) is 19.2 Å². The van der Waals surface area contributed by atoms with Gasteiger partial charge in [-0.3, -0.25) is 0 Å². The van der Waals surface area contributed by atoms with Gasteiger partial charge in [-0.1, -0.05) is 37.6 Å². The highest BCUT2D eigenvalue weighted by atomic mass is 35.5. The van der Waals surface area contributed by atoms with Gasteiger partial charge in [0.15, 0.2) is 0 Å². The molecule has 0 aliphatic carbocycles. The van der Waals surface area contributed by atoms with E-state index < -0.39 is 0 Å². The van der Waals surface area contributed by atoms with E-state index in [-0.39, 0.29) is 0 Å². The third-order valence-electron chi connectivity index (χ3n) is 2.45. The van der Waals surface area contributed by atoms with Crippen LogP contribution >= 0.6 is 11.6 Å². The fraction of sp³-hybridized carbons (Fsp3) is 0.571. The molecule has 0 spiro atoms. The molecule has 4 heteroatoms. The van der Waals surface area contributed by atoms with Gasteiger partial charge >= 0.3 is 0 Å². The summed E-state index contributed by atoms with van der Waals surface area (Å²) in [5.74, 6) is 1.38. The lowest BCUT2D eigenvalue weighted by Crippen LogP contribution is -2.19. The van der Waals surface area contributed by atoms with E-state index in [1.165, 1.54) is 0 Å². The predicted octanol–water partition coefficient (Wildman–Crippen LogP) is 3.11. The second kappa shape index (κ2) is 8.35. The highest BCUT2D eigenvalue weighted by Crippen LogP contribution is 2.28. The van der Waals surface area contributed by atoms with Crippen molar-refractivity contribution in [3.8, 4) is 5.75 Å². The van der Waals surface area contributed by atoms with Crippen molar-refractivity contribution >= 4 is 11.6 Å². The maximum absolute atomic E-state index is 6.16. The van der Waals surface area contributed by atoms with Crippen LogP contribution in [0.4, 0.5) is 0 Å². The SMILES string of the molecule is COCCOc1c(Cl)cccc1CNCC(C)C. The van der Waals surface area contributed by atoms with Gasteiger partial charge in [0.1, 0.15) is 12.4 Å². The van der Waals surface area contributed by atoms with Crippen LogP contribution in [-0.4, -0.2) is 26.9 Å². The molecule has 1 aromatic rings. The van der Waals surface area contributed by atoms with Crippen LogP contribution < -0.4 is 10.1 Å². The molecule has 0 bridgehead atoms. The molecule has 102 valence electrons. The molecule has 0 aliphatic heterocycles. The molecule has 1 aromatic carbocycles. The van der Waals surface area contributed by atoms with Crippen molar-refractivity contribution in [1.29, 1.82) is 0 Å². The third-order valence-corrected chi connectivity index (χ3v) is 2.75. The minimum absolute atomic E-state index is 0.511. The van der Waals surface area contributed by atoms with Crippen LogP contribution in [0, 0.1) is 5.92 Å². The van der Waals surface area contributed by atoms with E-state index in [1.807, 2.05) is 18.2 Å². The summed E-state index contributed by atoms with van der Waals surface area (Å²) >= 11 is 6.16. The summed E-state index contributed by atoms with van der Waals surface area (Å²) in [6, 6.07) is 5.81. The summed E-state index contributed by atoms with van der Waals surface area (Å²) in [7, 11) is 1.65. The zero-order valence-corrected chi connectivity index (χ0v) is 12.1. The molecule has 0 aliphatic rings. The topological polar surface area (TPSA) is 30.5 Å². The van der Waals surface area contributed by atoms with Gasteiger partial charge < -0.3 is 14.8 Å². The van der Waals surface area contributed by atoms with Crippen LogP contribution in [0.2, 0.25) is 5.02 Å². The lowest BCUT2D eigenvalue weighted by atomic mass is 10.2.